The minimum absolute atomic E-state index is 0.00668. The molecule has 1 aliphatic heterocycles. The van der Waals surface area contributed by atoms with Gasteiger partial charge >= 0.3 is 0 Å². The number of hydrogen-bond acceptors (Lipinski definition) is 4. The van der Waals surface area contributed by atoms with E-state index in [0.29, 0.717) is 18.9 Å². The topological polar surface area (TPSA) is 72.1 Å². The second-order valence-corrected chi connectivity index (χ2v) is 4.20. The first-order valence-electron chi connectivity index (χ1n) is 5.52. The van der Waals surface area contributed by atoms with Crippen LogP contribution in [0.3, 0.4) is 0 Å². The van der Waals surface area contributed by atoms with Crippen LogP contribution >= 0.6 is 0 Å². The first-order valence-corrected chi connectivity index (χ1v) is 5.52. The fraction of sp³-hybridized carbons (Fsp3) is 0.250. The summed E-state index contributed by atoms with van der Waals surface area (Å²) >= 11 is 0. The van der Waals surface area contributed by atoms with Crippen LogP contribution in [0.2, 0.25) is 0 Å². The van der Waals surface area contributed by atoms with Crippen molar-refractivity contribution in [3.8, 4) is 0 Å². The lowest BCUT2D eigenvalue weighted by atomic mass is 10.2. The first-order chi connectivity index (χ1) is 8.24. The van der Waals surface area contributed by atoms with Gasteiger partial charge in [0.1, 0.15) is 0 Å². The van der Waals surface area contributed by atoms with E-state index < -0.39 is 0 Å². The maximum absolute atomic E-state index is 11.7. The molecule has 1 atom stereocenters. The summed E-state index contributed by atoms with van der Waals surface area (Å²) in [6.07, 6.45) is 2.10. The molecule has 0 bridgehead atoms. The van der Waals surface area contributed by atoms with E-state index in [9.17, 15) is 4.79 Å². The fourth-order valence-electron chi connectivity index (χ4n) is 2.02. The molecule has 2 heterocycles. The van der Waals surface area contributed by atoms with Crippen molar-refractivity contribution >= 4 is 22.8 Å². The Labute approximate surface area is 98.3 Å². The van der Waals surface area contributed by atoms with E-state index >= 15 is 0 Å². The number of aromatic nitrogens is 2. The highest BCUT2D eigenvalue weighted by atomic mass is 16.2. The lowest BCUT2D eigenvalue weighted by Crippen LogP contribution is -2.29. The Kier molecular flexibility index (Phi) is 2.26. The third-order valence-corrected chi connectivity index (χ3v) is 2.87. The van der Waals surface area contributed by atoms with Crippen LogP contribution < -0.4 is 10.6 Å². The van der Waals surface area contributed by atoms with Crippen LogP contribution in [-0.2, 0) is 4.79 Å². The van der Waals surface area contributed by atoms with Crippen LogP contribution in [0.5, 0.6) is 0 Å². The normalized spacial score (nSPS) is 20.2. The summed E-state index contributed by atoms with van der Waals surface area (Å²) in [7, 11) is 0. The van der Waals surface area contributed by atoms with Gasteiger partial charge in [0, 0.05) is 30.6 Å². The van der Waals surface area contributed by atoms with Crippen LogP contribution in [0, 0.1) is 0 Å². The van der Waals surface area contributed by atoms with E-state index in [1.54, 1.807) is 11.1 Å². The van der Waals surface area contributed by atoms with Gasteiger partial charge < -0.3 is 5.73 Å². The van der Waals surface area contributed by atoms with Gasteiger partial charge in [0.05, 0.1) is 5.52 Å². The van der Waals surface area contributed by atoms with Gasteiger partial charge in [-0.1, -0.05) is 18.2 Å². The molecule has 5 heteroatoms. The highest BCUT2D eigenvalue weighted by molar-refractivity contribution is 5.95. The molecule has 1 amide bonds. The zero-order chi connectivity index (χ0) is 11.8. The van der Waals surface area contributed by atoms with Crippen LogP contribution in [0.1, 0.15) is 6.42 Å². The molecule has 1 saturated heterocycles. The Morgan fingerprint density at radius 1 is 1.35 bits per heavy atom. The smallest absolute Gasteiger partial charge is 0.232 e. The Bertz CT molecular complexity index is 583. The Hall–Kier alpha value is -2.01. The number of anilines is 1. The van der Waals surface area contributed by atoms with Crippen LogP contribution in [0.4, 0.5) is 5.95 Å². The number of para-hydroxylation sites is 1. The molecular weight excluding hydrogens is 216 g/mol. The SMILES string of the molecule is NC1CC(=O)N(c2ncc3ccccc3n2)C1. The molecule has 1 aromatic heterocycles. The zero-order valence-electron chi connectivity index (χ0n) is 9.21. The summed E-state index contributed by atoms with van der Waals surface area (Å²) in [5, 5.41) is 0.965. The fourth-order valence-corrected chi connectivity index (χ4v) is 2.02. The number of rotatable bonds is 1. The largest absolute Gasteiger partial charge is 0.326 e. The Balaban J connectivity index is 2.03. The lowest BCUT2D eigenvalue weighted by molar-refractivity contribution is -0.117. The average molecular weight is 228 g/mol. The highest BCUT2D eigenvalue weighted by Crippen LogP contribution is 2.19. The second-order valence-electron chi connectivity index (χ2n) is 4.20. The predicted molar refractivity (Wildman–Crippen MR) is 64.5 cm³/mol. The summed E-state index contributed by atoms with van der Waals surface area (Å²) in [5.41, 5.74) is 6.59. The molecule has 1 aromatic carbocycles. The van der Waals surface area contributed by atoms with Gasteiger partial charge in [-0.05, 0) is 6.07 Å². The van der Waals surface area contributed by atoms with E-state index in [2.05, 4.69) is 9.97 Å². The summed E-state index contributed by atoms with van der Waals surface area (Å²) in [6.45, 7) is 0.497. The summed E-state index contributed by atoms with van der Waals surface area (Å²) in [4.78, 5) is 21.8. The molecule has 0 spiro atoms. The van der Waals surface area contributed by atoms with Crippen LogP contribution in [0.25, 0.3) is 10.9 Å². The molecule has 0 saturated carbocycles. The molecule has 1 unspecified atom stereocenters. The summed E-state index contributed by atoms with van der Waals surface area (Å²) in [5.74, 6) is 0.439. The second kappa shape index (κ2) is 3.78. The Morgan fingerprint density at radius 3 is 2.94 bits per heavy atom. The van der Waals surface area contributed by atoms with E-state index in [0.717, 1.165) is 10.9 Å². The monoisotopic (exact) mass is 228 g/mol. The molecule has 0 aliphatic carbocycles. The number of nitrogens with zero attached hydrogens (tertiary/aromatic N) is 3. The quantitative estimate of drug-likeness (QED) is 0.779. The average Bonchev–Trinajstić information content (AvgIpc) is 2.68. The van der Waals surface area contributed by atoms with E-state index in [4.69, 9.17) is 5.73 Å². The van der Waals surface area contributed by atoms with Gasteiger partial charge in [-0.15, -0.1) is 0 Å². The molecule has 3 rings (SSSR count). The van der Waals surface area contributed by atoms with Gasteiger partial charge in [-0.25, -0.2) is 9.97 Å². The molecule has 1 fully saturated rings. The van der Waals surface area contributed by atoms with Crippen molar-refractivity contribution in [2.75, 3.05) is 11.4 Å². The van der Waals surface area contributed by atoms with Crippen LogP contribution in [0.15, 0.2) is 30.5 Å². The molecule has 2 N–H and O–H groups in total. The minimum Gasteiger partial charge on any atom is -0.326 e. The number of nitrogens with two attached hydrogens (primary N) is 1. The maximum atomic E-state index is 11.7. The van der Waals surface area contributed by atoms with Crippen molar-refractivity contribution in [2.24, 2.45) is 5.73 Å². The number of fused-ring (bicyclic) bond motifs is 1. The van der Waals surface area contributed by atoms with Gasteiger partial charge in [-0.2, -0.15) is 0 Å². The molecule has 17 heavy (non-hydrogen) atoms. The minimum atomic E-state index is -0.113. The van der Waals surface area contributed by atoms with Crippen molar-refractivity contribution in [3.05, 3.63) is 30.5 Å². The van der Waals surface area contributed by atoms with Gasteiger partial charge in [0.15, 0.2) is 0 Å². The molecule has 1 aliphatic rings. The van der Waals surface area contributed by atoms with Crippen molar-refractivity contribution in [2.45, 2.75) is 12.5 Å². The summed E-state index contributed by atoms with van der Waals surface area (Å²) in [6, 6.07) is 7.58. The van der Waals surface area contributed by atoms with Crippen molar-refractivity contribution in [1.29, 1.82) is 0 Å². The lowest BCUT2D eigenvalue weighted by Gasteiger charge is -2.13. The first kappa shape index (κ1) is 10.2. The Morgan fingerprint density at radius 2 is 2.18 bits per heavy atom. The number of carbonyl (C=O) groups is 1. The van der Waals surface area contributed by atoms with E-state index in [1.165, 1.54) is 0 Å². The standard InChI is InChI=1S/C12H12N4O/c13-9-5-11(17)16(7-9)12-14-6-8-3-1-2-4-10(8)15-12/h1-4,6,9H,5,7,13H2. The third-order valence-electron chi connectivity index (χ3n) is 2.87. The van der Waals surface area contributed by atoms with E-state index in [-0.39, 0.29) is 11.9 Å². The van der Waals surface area contributed by atoms with Gasteiger partial charge in [0.25, 0.3) is 0 Å². The van der Waals surface area contributed by atoms with Crippen LogP contribution in [-0.4, -0.2) is 28.5 Å². The van der Waals surface area contributed by atoms with Crippen molar-refractivity contribution in [1.82, 2.24) is 9.97 Å². The number of hydrogen-bond donors (Lipinski definition) is 1. The predicted octanol–water partition coefficient (Wildman–Crippen LogP) is 0.694. The summed E-state index contributed by atoms with van der Waals surface area (Å²) < 4.78 is 0. The zero-order valence-corrected chi connectivity index (χ0v) is 9.21. The van der Waals surface area contributed by atoms with Gasteiger partial charge in [-0.3, -0.25) is 9.69 Å². The van der Waals surface area contributed by atoms with Crippen molar-refractivity contribution in [3.63, 3.8) is 0 Å². The molecule has 86 valence electrons. The molecule has 5 nitrogen and oxygen atoms in total. The molecule has 2 aromatic rings. The molecular formula is C12H12N4O. The number of amides is 1. The maximum Gasteiger partial charge on any atom is 0.232 e. The number of benzene rings is 1. The third kappa shape index (κ3) is 1.74. The molecule has 0 radical (unpaired) electrons. The number of carbonyl (C=O) groups excluding carboxylic acids is 1. The van der Waals surface area contributed by atoms with Crippen molar-refractivity contribution < 1.29 is 4.79 Å². The van der Waals surface area contributed by atoms with E-state index in [1.807, 2.05) is 24.3 Å². The highest BCUT2D eigenvalue weighted by Gasteiger charge is 2.29. The van der Waals surface area contributed by atoms with Gasteiger partial charge in [0.2, 0.25) is 11.9 Å².